The van der Waals surface area contributed by atoms with Gasteiger partial charge in [-0.05, 0) is 67.9 Å². The Balaban J connectivity index is 1.37. The number of carboxylic acid groups (broad SMARTS) is 1. The molecule has 41 heavy (non-hydrogen) atoms. The fourth-order valence-corrected chi connectivity index (χ4v) is 6.31. The Bertz CT molecular complexity index is 1410. The van der Waals surface area contributed by atoms with Crippen LogP contribution in [-0.4, -0.2) is 59.7 Å². The Morgan fingerprint density at radius 3 is 2.71 bits per heavy atom. The number of carbonyl (C=O) groups is 3. The molecule has 2 aromatic heterocycles. The number of hydrogen-bond acceptors (Lipinski definition) is 7. The van der Waals surface area contributed by atoms with E-state index in [9.17, 15) is 23.9 Å². The van der Waals surface area contributed by atoms with Crippen LogP contribution in [-0.2, 0) is 19.1 Å². The fraction of sp³-hybridized carbons (Fsp3) is 0.433. The van der Waals surface area contributed by atoms with Gasteiger partial charge in [0.1, 0.15) is 11.6 Å². The molecule has 0 radical (unpaired) electrons. The monoisotopic (exact) mass is 580 g/mol. The van der Waals surface area contributed by atoms with Gasteiger partial charge in [-0.2, -0.15) is 0 Å². The Kier molecular flexibility index (Phi) is 9.04. The number of anilines is 2. The summed E-state index contributed by atoms with van der Waals surface area (Å²) >= 11 is 1.24. The molecule has 1 aromatic carbocycles. The number of pyridine rings is 1. The minimum atomic E-state index is -1.02. The summed E-state index contributed by atoms with van der Waals surface area (Å²) in [6.07, 6.45) is 5.86. The van der Waals surface area contributed by atoms with Gasteiger partial charge in [0.15, 0.2) is 5.13 Å². The van der Waals surface area contributed by atoms with Gasteiger partial charge in [0.2, 0.25) is 11.8 Å². The molecule has 2 amide bonds. The van der Waals surface area contributed by atoms with Crippen LogP contribution in [0.2, 0.25) is 0 Å². The van der Waals surface area contributed by atoms with Gasteiger partial charge in [-0.1, -0.05) is 6.07 Å². The van der Waals surface area contributed by atoms with Crippen LogP contribution in [0.3, 0.4) is 0 Å². The van der Waals surface area contributed by atoms with Crippen LogP contribution in [0.25, 0.3) is 22.4 Å². The van der Waals surface area contributed by atoms with E-state index < -0.39 is 17.7 Å². The molecular weight excluding hydrogens is 547 g/mol. The van der Waals surface area contributed by atoms with Gasteiger partial charge in [0.25, 0.3) is 0 Å². The van der Waals surface area contributed by atoms with Crippen molar-refractivity contribution in [2.24, 2.45) is 11.8 Å². The number of piperidine rings is 1. The van der Waals surface area contributed by atoms with Crippen molar-refractivity contribution in [3.05, 3.63) is 47.7 Å². The first-order chi connectivity index (χ1) is 19.8. The Hall–Kier alpha value is -3.70. The highest BCUT2D eigenvalue weighted by Crippen LogP contribution is 2.36. The standard InChI is InChI=1S/C30H33FN4O5S/c1-34(29(39)21(15-28(37)38)14-19-9-12-40-13-10-19)30-33-25(18-41-30)24-16-22(31)6-7-23(24)20-5-8-26(32-17-20)35-11-3-2-4-27(35)36/h5-8,16-19,21H,2-4,9-15H2,1H3,(H,37,38)/t21-/m1/s1. The van der Waals surface area contributed by atoms with Crippen LogP contribution >= 0.6 is 11.3 Å². The number of aliphatic carboxylic acids is 1. The number of carbonyl (C=O) groups excluding carboxylic acids is 2. The molecule has 4 heterocycles. The average molecular weight is 581 g/mol. The average Bonchev–Trinajstić information content (AvgIpc) is 3.47. The molecule has 216 valence electrons. The maximum absolute atomic E-state index is 14.4. The van der Waals surface area contributed by atoms with Crippen molar-refractivity contribution >= 4 is 40.1 Å². The summed E-state index contributed by atoms with van der Waals surface area (Å²) < 4.78 is 19.8. The quantitative estimate of drug-likeness (QED) is 0.361. The topological polar surface area (TPSA) is 113 Å². The third-order valence-corrected chi connectivity index (χ3v) is 8.67. The van der Waals surface area contributed by atoms with E-state index in [1.54, 1.807) is 35.7 Å². The molecule has 0 saturated carbocycles. The van der Waals surface area contributed by atoms with Crippen LogP contribution in [0, 0.1) is 17.7 Å². The first kappa shape index (κ1) is 28.8. The summed E-state index contributed by atoms with van der Waals surface area (Å²) in [5.41, 5.74) is 2.49. The maximum Gasteiger partial charge on any atom is 0.304 e. The molecule has 0 unspecified atom stereocenters. The van der Waals surface area contributed by atoms with Crippen LogP contribution in [0.4, 0.5) is 15.3 Å². The van der Waals surface area contributed by atoms with Gasteiger partial charge in [-0.15, -0.1) is 11.3 Å². The van der Waals surface area contributed by atoms with Gasteiger partial charge in [0.05, 0.1) is 12.1 Å². The van der Waals surface area contributed by atoms with Crippen LogP contribution < -0.4 is 9.80 Å². The first-order valence-corrected chi connectivity index (χ1v) is 14.8. The molecule has 1 N–H and O–H groups in total. The summed E-state index contributed by atoms with van der Waals surface area (Å²) in [6, 6.07) is 8.09. The summed E-state index contributed by atoms with van der Waals surface area (Å²) in [7, 11) is 1.60. The minimum Gasteiger partial charge on any atom is -0.481 e. The summed E-state index contributed by atoms with van der Waals surface area (Å²) in [5, 5.41) is 11.6. The van der Waals surface area contributed by atoms with E-state index in [4.69, 9.17) is 4.74 Å². The lowest BCUT2D eigenvalue weighted by atomic mass is 9.86. The lowest BCUT2D eigenvalue weighted by Crippen LogP contribution is -2.35. The number of thiazole rings is 1. The van der Waals surface area contributed by atoms with Crippen molar-refractivity contribution in [3.63, 3.8) is 0 Å². The molecule has 0 bridgehead atoms. The minimum absolute atomic E-state index is 0.0611. The number of ether oxygens (including phenoxy) is 1. The van der Waals surface area contributed by atoms with Crippen molar-refractivity contribution < 1.29 is 28.6 Å². The largest absolute Gasteiger partial charge is 0.481 e. The van der Waals surface area contributed by atoms with Crippen molar-refractivity contribution in [1.29, 1.82) is 0 Å². The fourth-order valence-electron chi connectivity index (χ4n) is 5.51. The van der Waals surface area contributed by atoms with E-state index in [0.29, 0.717) is 60.4 Å². The zero-order chi connectivity index (χ0) is 28.9. The van der Waals surface area contributed by atoms with E-state index >= 15 is 0 Å². The molecule has 3 aromatic rings. The van der Waals surface area contributed by atoms with E-state index in [1.165, 1.54) is 28.4 Å². The molecule has 5 rings (SSSR count). The van der Waals surface area contributed by atoms with Crippen molar-refractivity contribution in [1.82, 2.24) is 9.97 Å². The molecule has 1 atom stereocenters. The van der Waals surface area contributed by atoms with Crippen LogP contribution in [0.15, 0.2) is 41.9 Å². The number of benzene rings is 1. The van der Waals surface area contributed by atoms with Crippen LogP contribution in [0.5, 0.6) is 0 Å². The molecule has 2 aliphatic rings. The van der Waals surface area contributed by atoms with E-state index in [0.717, 1.165) is 31.2 Å². The predicted molar refractivity (Wildman–Crippen MR) is 154 cm³/mol. The number of halogens is 1. The molecule has 2 aliphatic heterocycles. The second-order valence-corrected chi connectivity index (χ2v) is 11.4. The molecular formula is C30H33FN4O5S. The molecule has 0 spiro atoms. The molecule has 0 aliphatic carbocycles. The smallest absolute Gasteiger partial charge is 0.304 e. The Morgan fingerprint density at radius 2 is 2.00 bits per heavy atom. The van der Waals surface area contributed by atoms with Gasteiger partial charge >= 0.3 is 5.97 Å². The van der Waals surface area contributed by atoms with Gasteiger partial charge < -0.3 is 9.84 Å². The van der Waals surface area contributed by atoms with Crippen molar-refractivity contribution in [2.75, 3.05) is 36.6 Å². The van der Waals surface area contributed by atoms with Gasteiger partial charge in [0, 0.05) is 61.8 Å². The van der Waals surface area contributed by atoms with Gasteiger partial charge in [-0.25, -0.2) is 14.4 Å². The normalized spacial score (nSPS) is 16.9. The highest BCUT2D eigenvalue weighted by atomic mass is 32.1. The number of carboxylic acids is 1. The van der Waals surface area contributed by atoms with Crippen molar-refractivity contribution in [2.45, 2.75) is 44.9 Å². The van der Waals surface area contributed by atoms with E-state index in [2.05, 4.69) is 9.97 Å². The van der Waals surface area contributed by atoms with E-state index in [-0.39, 0.29) is 24.2 Å². The third kappa shape index (κ3) is 6.79. The number of nitrogens with zero attached hydrogens (tertiary/aromatic N) is 4. The molecule has 11 heteroatoms. The summed E-state index contributed by atoms with van der Waals surface area (Å²) in [5.74, 6) is -1.53. The SMILES string of the molecule is CN(C(=O)[C@@H](CC(=O)O)CC1CCOCC1)c1nc(-c2cc(F)ccc2-c2ccc(N3CCCCC3=O)nc2)cs1. The number of aromatic nitrogens is 2. The lowest BCUT2D eigenvalue weighted by Gasteiger charge is -2.27. The highest BCUT2D eigenvalue weighted by Gasteiger charge is 2.30. The third-order valence-electron chi connectivity index (χ3n) is 7.75. The summed E-state index contributed by atoms with van der Waals surface area (Å²) in [6.45, 7) is 1.88. The number of hydrogen-bond donors (Lipinski definition) is 1. The predicted octanol–water partition coefficient (Wildman–Crippen LogP) is 5.40. The Morgan fingerprint density at radius 1 is 1.20 bits per heavy atom. The second kappa shape index (κ2) is 12.9. The Labute approximate surface area is 242 Å². The maximum atomic E-state index is 14.4. The second-order valence-electron chi connectivity index (χ2n) is 10.6. The summed E-state index contributed by atoms with van der Waals surface area (Å²) in [4.78, 5) is 49.6. The van der Waals surface area contributed by atoms with Gasteiger partial charge in [-0.3, -0.25) is 24.2 Å². The number of amides is 2. The zero-order valence-electron chi connectivity index (χ0n) is 22.9. The van der Waals surface area contributed by atoms with E-state index in [1.807, 2.05) is 6.07 Å². The molecule has 9 nitrogen and oxygen atoms in total. The molecule has 2 saturated heterocycles. The molecule has 2 fully saturated rings. The van der Waals surface area contributed by atoms with Crippen LogP contribution in [0.1, 0.15) is 44.9 Å². The zero-order valence-corrected chi connectivity index (χ0v) is 23.7. The number of rotatable bonds is 9. The highest BCUT2D eigenvalue weighted by molar-refractivity contribution is 7.14. The van der Waals surface area contributed by atoms with Crippen molar-refractivity contribution in [3.8, 4) is 22.4 Å². The lowest BCUT2D eigenvalue weighted by molar-refractivity contribution is -0.141. The first-order valence-electron chi connectivity index (χ1n) is 13.9.